The van der Waals surface area contributed by atoms with Gasteiger partial charge >= 0.3 is 0 Å². The van der Waals surface area contributed by atoms with Crippen LogP contribution in [0.3, 0.4) is 0 Å². The Bertz CT molecular complexity index is 236. The molecule has 0 aliphatic heterocycles. The first-order chi connectivity index (χ1) is 9.41. The van der Waals surface area contributed by atoms with E-state index < -0.39 is 0 Å². The van der Waals surface area contributed by atoms with Crippen molar-refractivity contribution < 1.29 is 4.79 Å². The van der Waals surface area contributed by atoms with Crippen molar-refractivity contribution in [2.45, 2.75) is 90.4 Å². The lowest BCUT2D eigenvalue weighted by Gasteiger charge is -2.00. The standard InChI is InChI=1S/C18H32O/c1-2-3-4-5-6-7-8-9-10-11-12-13-14-15-16-17-18-19/h12,14,18H,2-11,15-17H2,1H3. The molecule has 0 unspecified atom stereocenters. The molecule has 0 aliphatic rings. The topological polar surface area (TPSA) is 17.1 Å². The Morgan fingerprint density at radius 3 is 1.79 bits per heavy atom. The average molecular weight is 264 g/mol. The highest BCUT2D eigenvalue weighted by Gasteiger charge is 1.90. The van der Waals surface area contributed by atoms with E-state index in [1.54, 1.807) is 0 Å². The third kappa shape index (κ3) is 17.2. The van der Waals surface area contributed by atoms with Gasteiger partial charge in [-0.15, -0.1) is 5.73 Å². The quantitative estimate of drug-likeness (QED) is 0.214. The number of hydrogen-bond acceptors (Lipinski definition) is 1. The highest BCUT2D eigenvalue weighted by molar-refractivity contribution is 5.48. The molecule has 0 heterocycles. The minimum Gasteiger partial charge on any atom is -0.303 e. The molecule has 0 saturated heterocycles. The van der Waals surface area contributed by atoms with Crippen molar-refractivity contribution in [2.75, 3.05) is 0 Å². The molecule has 0 atom stereocenters. The third-order valence-electron chi connectivity index (χ3n) is 3.36. The summed E-state index contributed by atoms with van der Waals surface area (Å²) in [6, 6.07) is 0. The maximum absolute atomic E-state index is 10.1. The lowest BCUT2D eigenvalue weighted by molar-refractivity contribution is -0.107. The van der Waals surface area contributed by atoms with Gasteiger partial charge in [0.05, 0.1) is 0 Å². The summed E-state index contributed by atoms with van der Waals surface area (Å²) in [4.78, 5) is 10.1. The largest absolute Gasteiger partial charge is 0.303 e. The van der Waals surface area contributed by atoms with Gasteiger partial charge in [0, 0.05) is 6.42 Å². The second-order valence-corrected chi connectivity index (χ2v) is 5.29. The van der Waals surface area contributed by atoms with Gasteiger partial charge in [-0.3, -0.25) is 0 Å². The molecule has 0 aromatic carbocycles. The van der Waals surface area contributed by atoms with E-state index in [2.05, 4.69) is 24.8 Å². The molecule has 0 N–H and O–H groups in total. The van der Waals surface area contributed by atoms with Crippen LogP contribution >= 0.6 is 0 Å². The van der Waals surface area contributed by atoms with E-state index in [1.165, 1.54) is 57.8 Å². The number of hydrogen-bond donors (Lipinski definition) is 0. The monoisotopic (exact) mass is 264 g/mol. The molecule has 0 bridgehead atoms. The van der Waals surface area contributed by atoms with Crippen molar-refractivity contribution in [3.63, 3.8) is 0 Å². The summed E-state index contributed by atoms with van der Waals surface area (Å²) >= 11 is 0. The van der Waals surface area contributed by atoms with Crippen molar-refractivity contribution in [3.8, 4) is 0 Å². The minimum absolute atomic E-state index is 0.677. The molecule has 0 aromatic heterocycles. The van der Waals surface area contributed by atoms with Gasteiger partial charge in [0.1, 0.15) is 6.29 Å². The molecule has 0 aromatic rings. The molecule has 110 valence electrons. The van der Waals surface area contributed by atoms with Gasteiger partial charge in [0.2, 0.25) is 0 Å². The van der Waals surface area contributed by atoms with Crippen LogP contribution in [0, 0.1) is 0 Å². The van der Waals surface area contributed by atoms with Crippen molar-refractivity contribution >= 4 is 6.29 Å². The van der Waals surface area contributed by atoms with E-state index in [-0.39, 0.29) is 0 Å². The van der Waals surface area contributed by atoms with E-state index >= 15 is 0 Å². The Hall–Kier alpha value is -0.810. The highest BCUT2D eigenvalue weighted by atomic mass is 16.1. The zero-order valence-corrected chi connectivity index (χ0v) is 12.8. The predicted octanol–water partition coefficient (Wildman–Crippen LogP) is 5.99. The number of allylic oxidation sites excluding steroid dienone is 1. The van der Waals surface area contributed by atoms with E-state index in [4.69, 9.17) is 0 Å². The summed E-state index contributed by atoms with van der Waals surface area (Å²) in [5.41, 5.74) is 3.20. The van der Waals surface area contributed by atoms with Crippen LogP contribution in [-0.4, -0.2) is 6.29 Å². The molecule has 0 spiro atoms. The van der Waals surface area contributed by atoms with Crippen LogP contribution < -0.4 is 0 Å². The SMILES string of the molecule is CCCCCCCCCCCC=C=CCCCC=O. The second kappa shape index (κ2) is 17.2. The summed E-state index contributed by atoms with van der Waals surface area (Å²) in [6.45, 7) is 2.27. The number of unbranched alkanes of at least 4 members (excludes halogenated alkanes) is 11. The van der Waals surface area contributed by atoms with Gasteiger partial charge < -0.3 is 4.79 Å². The highest BCUT2D eigenvalue weighted by Crippen LogP contribution is 2.10. The molecule has 0 fully saturated rings. The normalized spacial score (nSPS) is 9.95. The van der Waals surface area contributed by atoms with Gasteiger partial charge in [0.25, 0.3) is 0 Å². The molecule has 0 aliphatic carbocycles. The molecule has 1 heteroatoms. The average Bonchev–Trinajstić information content (AvgIpc) is 2.43. The molecule has 0 amide bonds. The van der Waals surface area contributed by atoms with Gasteiger partial charge in [-0.05, 0) is 37.8 Å². The van der Waals surface area contributed by atoms with Gasteiger partial charge in [-0.2, -0.15) is 0 Å². The smallest absolute Gasteiger partial charge is 0.120 e. The fourth-order valence-electron chi connectivity index (χ4n) is 2.11. The Morgan fingerprint density at radius 1 is 0.684 bits per heavy atom. The summed E-state index contributed by atoms with van der Waals surface area (Å²) in [5, 5.41) is 0. The Labute approximate surface area is 120 Å². The fourth-order valence-corrected chi connectivity index (χ4v) is 2.11. The predicted molar refractivity (Wildman–Crippen MR) is 84.4 cm³/mol. The van der Waals surface area contributed by atoms with Crippen LogP contribution in [0.25, 0.3) is 0 Å². The first kappa shape index (κ1) is 18.2. The molecule has 0 saturated carbocycles. The molecular formula is C18H32O. The first-order valence-electron chi connectivity index (χ1n) is 8.24. The maximum atomic E-state index is 10.1. The van der Waals surface area contributed by atoms with E-state index in [9.17, 15) is 4.79 Å². The molecular weight excluding hydrogens is 232 g/mol. The van der Waals surface area contributed by atoms with Crippen molar-refractivity contribution in [3.05, 3.63) is 17.9 Å². The minimum atomic E-state index is 0.677. The van der Waals surface area contributed by atoms with Crippen LogP contribution in [0.2, 0.25) is 0 Å². The molecule has 0 radical (unpaired) electrons. The van der Waals surface area contributed by atoms with Crippen LogP contribution in [0.4, 0.5) is 0 Å². The van der Waals surface area contributed by atoms with E-state index in [0.29, 0.717) is 6.42 Å². The van der Waals surface area contributed by atoms with E-state index in [1.807, 2.05) is 0 Å². The van der Waals surface area contributed by atoms with E-state index in [0.717, 1.165) is 25.5 Å². The summed E-state index contributed by atoms with van der Waals surface area (Å²) < 4.78 is 0. The van der Waals surface area contributed by atoms with Gasteiger partial charge in [0.15, 0.2) is 0 Å². The number of aldehydes is 1. The van der Waals surface area contributed by atoms with Crippen LogP contribution in [0.15, 0.2) is 17.9 Å². The summed E-state index contributed by atoms with van der Waals surface area (Å²) in [6.07, 6.45) is 21.4. The summed E-state index contributed by atoms with van der Waals surface area (Å²) in [5.74, 6) is 0. The van der Waals surface area contributed by atoms with Crippen LogP contribution in [0.1, 0.15) is 90.4 Å². The zero-order chi connectivity index (χ0) is 14.0. The zero-order valence-electron chi connectivity index (χ0n) is 12.8. The molecule has 1 nitrogen and oxygen atoms in total. The van der Waals surface area contributed by atoms with Crippen LogP contribution in [0.5, 0.6) is 0 Å². The lowest BCUT2D eigenvalue weighted by atomic mass is 10.1. The number of carbonyl (C=O) groups excluding carboxylic acids is 1. The van der Waals surface area contributed by atoms with Crippen molar-refractivity contribution in [1.29, 1.82) is 0 Å². The Kier molecular flexibility index (Phi) is 16.5. The summed E-state index contributed by atoms with van der Waals surface area (Å²) in [7, 11) is 0. The maximum Gasteiger partial charge on any atom is 0.120 e. The van der Waals surface area contributed by atoms with Gasteiger partial charge in [-0.25, -0.2) is 0 Å². The number of rotatable bonds is 14. The first-order valence-corrected chi connectivity index (χ1v) is 8.24. The molecule has 0 rings (SSSR count). The Morgan fingerprint density at radius 2 is 1.21 bits per heavy atom. The Balaban J connectivity index is 3.13. The fraction of sp³-hybridized carbons (Fsp3) is 0.778. The van der Waals surface area contributed by atoms with Crippen LogP contribution in [-0.2, 0) is 4.79 Å². The number of carbonyl (C=O) groups is 1. The second-order valence-electron chi connectivity index (χ2n) is 5.29. The van der Waals surface area contributed by atoms with Gasteiger partial charge in [-0.1, -0.05) is 58.3 Å². The van der Waals surface area contributed by atoms with Crippen molar-refractivity contribution in [1.82, 2.24) is 0 Å². The third-order valence-corrected chi connectivity index (χ3v) is 3.36. The lowest BCUT2D eigenvalue weighted by Crippen LogP contribution is -1.80. The molecule has 19 heavy (non-hydrogen) atoms. The van der Waals surface area contributed by atoms with Crippen molar-refractivity contribution in [2.24, 2.45) is 0 Å².